The Kier molecular flexibility index (Phi) is 4.39. The molecule has 1 aliphatic rings. The molecule has 0 unspecified atom stereocenters. The van der Waals surface area contributed by atoms with Gasteiger partial charge in [0, 0.05) is 11.9 Å². The third kappa shape index (κ3) is 3.02. The fourth-order valence-corrected chi connectivity index (χ4v) is 1.42. The number of hydrogen-bond donors (Lipinski definition) is 0. The molecule has 0 aliphatic heterocycles. The van der Waals surface area contributed by atoms with E-state index in [-0.39, 0.29) is 0 Å². The van der Waals surface area contributed by atoms with Crippen molar-refractivity contribution < 1.29 is 4.74 Å². The van der Waals surface area contributed by atoms with E-state index < -0.39 is 0 Å². The zero-order valence-corrected chi connectivity index (χ0v) is 7.90. The summed E-state index contributed by atoms with van der Waals surface area (Å²) in [7, 11) is 0. The molecule has 0 saturated heterocycles. The minimum Gasteiger partial charge on any atom is -0.381 e. The molecule has 10 heavy (non-hydrogen) atoms. The summed E-state index contributed by atoms with van der Waals surface area (Å²) >= 11 is 3.32. The number of rotatable bonds is 5. The van der Waals surface area contributed by atoms with E-state index in [0.717, 1.165) is 24.5 Å². The summed E-state index contributed by atoms with van der Waals surface area (Å²) in [5.74, 6) is 0.996. The van der Waals surface area contributed by atoms with Gasteiger partial charge in [-0.05, 0) is 12.3 Å². The van der Waals surface area contributed by atoms with Gasteiger partial charge in [-0.2, -0.15) is 0 Å². The van der Waals surface area contributed by atoms with Crippen LogP contribution in [0.4, 0.5) is 0 Å². The van der Waals surface area contributed by atoms with Crippen LogP contribution in [0, 0.1) is 5.92 Å². The molecule has 1 nitrogen and oxygen atoms in total. The van der Waals surface area contributed by atoms with E-state index in [1.807, 2.05) is 0 Å². The Balaban J connectivity index is 1.76. The van der Waals surface area contributed by atoms with Gasteiger partial charge in [-0.3, -0.25) is 0 Å². The summed E-state index contributed by atoms with van der Waals surface area (Å²) in [5.41, 5.74) is 0. The first-order valence-corrected chi connectivity index (χ1v) is 5.19. The quantitative estimate of drug-likeness (QED) is 0.497. The highest BCUT2D eigenvalue weighted by atomic mass is 79.9. The molecule has 0 heterocycles. The average Bonchev–Trinajstić information content (AvgIpc) is 1.84. The minimum absolute atomic E-state index is 0.868. The zero-order valence-electron chi connectivity index (χ0n) is 6.31. The number of ether oxygens (including phenoxy) is 1. The second-order valence-electron chi connectivity index (χ2n) is 2.89. The van der Waals surface area contributed by atoms with Crippen molar-refractivity contribution in [3.05, 3.63) is 0 Å². The van der Waals surface area contributed by atoms with Gasteiger partial charge in [0.25, 0.3) is 0 Å². The molecule has 1 rings (SSSR count). The van der Waals surface area contributed by atoms with Crippen LogP contribution in [0.2, 0.25) is 0 Å². The van der Waals surface area contributed by atoms with E-state index in [1.165, 1.54) is 25.7 Å². The lowest BCUT2D eigenvalue weighted by atomic mass is 9.83. The highest BCUT2D eigenvalue weighted by Crippen LogP contribution is 2.28. The molecule has 0 aromatic rings. The van der Waals surface area contributed by atoms with E-state index in [9.17, 15) is 0 Å². The van der Waals surface area contributed by atoms with Crippen molar-refractivity contribution in [2.24, 2.45) is 5.92 Å². The SMILES string of the molecule is BrCCOCCC1CCC1. The highest BCUT2D eigenvalue weighted by molar-refractivity contribution is 9.09. The van der Waals surface area contributed by atoms with Crippen molar-refractivity contribution in [2.45, 2.75) is 25.7 Å². The first-order chi connectivity index (χ1) is 4.93. The summed E-state index contributed by atoms with van der Waals surface area (Å²) in [5, 5.41) is 0.970. The van der Waals surface area contributed by atoms with Crippen molar-refractivity contribution in [3.8, 4) is 0 Å². The molecule has 2 heteroatoms. The maximum Gasteiger partial charge on any atom is 0.0563 e. The molecule has 0 atom stereocenters. The smallest absolute Gasteiger partial charge is 0.0563 e. The largest absolute Gasteiger partial charge is 0.381 e. The molecule has 0 aromatic heterocycles. The first kappa shape index (κ1) is 8.54. The molecule has 0 amide bonds. The summed E-state index contributed by atoms with van der Waals surface area (Å²) in [4.78, 5) is 0. The highest BCUT2D eigenvalue weighted by Gasteiger charge is 2.16. The standard InChI is InChI=1S/C8H15BrO/c9-5-7-10-6-4-8-2-1-3-8/h8H,1-7H2. The second kappa shape index (κ2) is 5.14. The van der Waals surface area contributed by atoms with Crippen molar-refractivity contribution in [2.75, 3.05) is 18.5 Å². The van der Waals surface area contributed by atoms with Gasteiger partial charge >= 0.3 is 0 Å². The van der Waals surface area contributed by atoms with Gasteiger partial charge in [-0.1, -0.05) is 35.2 Å². The van der Waals surface area contributed by atoms with Gasteiger partial charge in [-0.15, -0.1) is 0 Å². The van der Waals surface area contributed by atoms with E-state index in [1.54, 1.807) is 0 Å². The zero-order chi connectivity index (χ0) is 7.23. The Labute approximate surface area is 71.3 Å². The minimum atomic E-state index is 0.868. The number of hydrogen-bond acceptors (Lipinski definition) is 1. The molecule has 0 radical (unpaired) electrons. The molecule has 0 aromatic carbocycles. The molecule has 1 saturated carbocycles. The molecule has 60 valence electrons. The topological polar surface area (TPSA) is 9.23 Å². The van der Waals surface area contributed by atoms with Crippen LogP contribution < -0.4 is 0 Å². The van der Waals surface area contributed by atoms with Crippen LogP contribution in [0.15, 0.2) is 0 Å². The Bertz CT molecular complexity index is 81.3. The third-order valence-electron chi connectivity index (χ3n) is 2.12. The molecule has 0 bridgehead atoms. The lowest BCUT2D eigenvalue weighted by Gasteiger charge is -2.24. The number of halogens is 1. The van der Waals surface area contributed by atoms with Crippen LogP contribution in [0.1, 0.15) is 25.7 Å². The maximum atomic E-state index is 5.34. The van der Waals surface area contributed by atoms with E-state index in [0.29, 0.717) is 0 Å². The summed E-state index contributed by atoms with van der Waals surface area (Å²) < 4.78 is 5.34. The van der Waals surface area contributed by atoms with Crippen LogP contribution in [0.25, 0.3) is 0 Å². The van der Waals surface area contributed by atoms with Crippen LogP contribution in [0.5, 0.6) is 0 Å². The average molecular weight is 207 g/mol. The lowest BCUT2D eigenvalue weighted by Crippen LogP contribution is -2.13. The van der Waals surface area contributed by atoms with Gasteiger partial charge in [0.15, 0.2) is 0 Å². The van der Waals surface area contributed by atoms with Gasteiger partial charge < -0.3 is 4.74 Å². The molecule has 0 spiro atoms. The Morgan fingerprint density at radius 3 is 2.60 bits per heavy atom. The summed E-state index contributed by atoms with van der Waals surface area (Å²) in [6, 6.07) is 0. The van der Waals surface area contributed by atoms with E-state index in [4.69, 9.17) is 4.74 Å². The molecular weight excluding hydrogens is 192 g/mol. The Morgan fingerprint density at radius 1 is 1.30 bits per heavy atom. The molecule has 1 fully saturated rings. The number of alkyl halides is 1. The van der Waals surface area contributed by atoms with Crippen molar-refractivity contribution in [3.63, 3.8) is 0 Å². The fraction of sp³-hybridized carbons (Fsp3) is 1.00. The Hall–Kier alpha value is 0.440. The van der Waals surface area contributed by atoms with Crippen LogP contribution >= 0.6 is 15.9 Å². The molecular formula is C8H15BrO. The van der Waals surface area contributed by atoms with Gasteiger partial charge in [0.05, 0.1) is 6.61 Å². The van der Waals surface area contributed by atoms with Crippen LogP contribution in [-0.4, -0.2) is 18.5 Å². The van der Waals surface area contributed by atoms with Crippen molar-refractivity contribution >= 4 is 15.9 Å². The van der Waals surface area contributed by atoms with Crippen LogP contribution in [0.3, 0.4) is 0 Å². The van der Waals surface area contributed by atoms with Gasteiger partial charge in [0.1, 0.15) is 0 Å². The predicted molar refractivity (Wildman–Crippen MR) is 46.6 cm³/mol. The monoisotopic (exact) mass is 206 g/mol. The molecule has 0 N–H and O–H groups in total. The van der Waals surface area contributed by atoms with Gasteiger partial charge in [0.2, 0.25) is 0 Å². The van der Waals surface area contributed by atoms with Gasteiger partial charge in [-0.25, -0.2) is 0 Å². The van der Waals surface area contributed by atoms with E-state index >= 15 is 0 Å². The predicted octanol–water partition coefficient (Wildman–Crippen LogP) is 2.59. The molecule has 1 aliphatic carbocycles. The van der Waals surface area contributed by atoms with Crippen LogP contribution in [-0.2, 0) is 4.74 Å². The summed E-state index contributed by atoms with van der Waals surface area (Å²) in [6.45, 7) is 1.84. The normalized spacial score (nSPS) is 18.9. The van der Waals surface area contributed by atoms with E-state index in [2.05, 4.69) is 15.9 Å². The first-order valence-electron chi connectivity index (χ1n) is 4.07. The second-order valence-corrected chi connectivity index (χ2v) is 3.68. The summed E-state index contributed by atoms with van der Waals surface area (Å²) in [6.07, 6.45) is 5.62. The Morgan fingerprint density at radius 2 is 2.10 bits per heavy atom. The van der Waals surface area contributed by atoms with Crippen molar-refractivity contribution in [1.29, 1.82) is 0 Å². The third-order valence-corrected chi connectivity index (χ3v) is 2.44. The fourth-order valence-electron chi connectivity index (χ4n) is 1.19. The van der Waals surface area contributed by atoms with Crippen molar-refractivity contribution in [1.82, 2.24) is 0 Å². The lowest BCUT2D eigenvalue weighted by molar-refractivity contribution is 0.119. The maximum absolute atomic E-state index is 5.34.